The van der Waals surface area contributed by atoms with Crippen LogP contribution in [0.2, 0.25) is 0 Å². The second-order valence-electron chi connectivity index (χ2n) is 6.09. The first kappa shape index (κ1) is 13.8. The van der Waals surface area contributed by atoms with Crippen LogP contribution >= 0.6 is 0 Å². The molecule has 2 aliphatic rings. The lowest BCUT2D eigenvalue weighted by Crippen LogP contribution is -2.31. The van der Waals surface area contributed by atoms with Crippen molar-refractivity contribution in [1.29, 1.82) is 0 Å². The van der Waals surface area contributed by atoms with Gasteiger partial charge in [0.15, 0.2) is 0 Å². The summed E-state index contributed by atoms with van der Waals surface area (Å²) in [4.78, 5) is 6.95. The van der Waals surface area contributed by atoms with Crippen molar-refractivity contribution in [1.82, 2.24) is 10.3 Å². The van der Waals surface area contributed by atoms with Gasteiger partial charge in [-0.2, -0.15) is 0 Å². The van der Waals surface area contributed by atoms with Gasteiger partial charge in [-0.25, -0.2) is 0 Å². The highest BCUT2D eigenvalue weighted by atomic mass is 16.5. The summed E-state index contributed by atoms with van der Waals surface area (Å²) in [7, 11) is 0. The molecule has 2 fully saturated rings. The third-order valence-electron chi connectivity index (χ3n) is 4.05. The summed E-state index contributed by atoms with van der Waals surface area (Å²) in [5.74, 6) is 0. The van der Waals surface area contributed by atoms with E-state index < -0.39 is 0 Å². The van der Waals surface area contributed by atoms with Crippen LogP contribution in [0.3, 0.4) is 0 Å². The van der Waals surface area contributed by atoms with E-state index in [9.17, 15) is 0 Å². The van der Waals surface area contributed by atoms with Crippen LogP contribution in [0.4, 0.5) is 5.69 Å². The average Bonchev–Trinajstić information content (AvgIpc) is 3.25. The Morgan fingerprint density at radius 1 is 1.45 bits per heavy atom. The Morgan fingerprint density at radius 2 is 2.30 bits per heavy atom. The topological polar surface area (TPSA) is 37.4 Å². The Hall–Kier alpha value is -1.13. The molecular weight excluding hydrogens is 250 g/mol. The molecule has 0 spiro atoms. The minimum Gasteiger partial charge on any atom is -0.377 e. The van der Waals surface area contributed by atoms with E-state index in [2.05, 4.69) is 35.1 Å². The van der Waals surface area contributed by atoms with Crippen molar-refractivity contribution in [2.45, 2.75) is 51.8 Å². The molecule has 2 heterocycles. The lowest BCUT2D eigenvalue weighted by atomic mass is 10.1. The van der Waals surface area contributed by atoms with Gasteiger partial charge in [0.1, 0.15) is 0 Å². The van der Waals surface area contributed by atoms with Gasteiger partial charge in [-0.3, -0.25) is 4.98 Å². The van der Waals surface area contributed by atoms with E-state index in [1.165, 1.54) is 24.1 Å². The number of aryl methyl sites for hydroxylation is 1. The molecule has 0 amide bonds. The molecule has 1 aliphatic carbocycles. The summed E-state index contributed by atoms with van der Waals surface area (Å²) in [6, 6.07) is 2.96. The molecular formula is C16H25N3O. The fourth-order valence-corrected chi connectivity index (χ4v) is 2.76. The van der Waals surface area contributed by atoms with Gasteiger partial charge in [0, 0.05) is 55.4 Å². The molecule has 0 bridgehead atoms. The van der Waals surface area contributed by atoms with Crippen LogP contribution in [0.15, 0.2) is 12.3 Å². The maximum Gasteiger partial charge on any atom is 0.0721 e. The number of ether oxygens (including phenoxy) is 1. The molecule has 1 unspecified atom stereocenters. The first-order chi connectivity index (χ1) is 9.72. The van der Waals surface area contributed by atoms with E-state index in [-0.39, 0.29) is 0 Å². The number of anilines is 1. The van der Waals surface area contributed by atoms with Gasteiger partial charge in [-0.15, -0.1) is 0 Å². The molecule has 110 valence electrons. The Labute approximate surface area is 121 Å². The molecule has 1 aromatic rings. The van der Waals surface area contributed by atoms with Crippen molar-refractivity contribution < 1.29 is 4.74 Å². The molecule has 4 heteroatoms. The van der Waals surface area contributed by atoms with Gasteiger partial charge in [0.2, 0.25) is 0 Å². The van der Waals surface area contributed by atoms with Gasteiger partial charge < -0.3 is 15.0 Å². The Kier molecular flexibility index (Phi) is 4.22. The summed E-state index contributed by atoms with van der Waals surface area (Å²) in [5, 5.41) is 3.60. The van der Waals surface area contributed by atoms with E-state index in [4.69, 9.17) is 4.74 Å². The lowest BCUT2D eigenvalue weighted by molar-refractivity contribution is 0.0821. The van der Waals surface area contributed by atoms with Crippen LogP contribution in [0.5, 0.6) is 0 Å². The summed E-state index contributed by atoms with van der Waals surface area (Å²) in [6.07, 6.45) is 6.08. The number of aromatic nitrogens is 1. The van der Waals surface area contributed by atoms with E-state index in [0.29, 0.717) is 6.10 Å². The molecule has 1 N–H and O–H groups in total. The third kappa shape index (κ3) is 3.49. The number of rotatable bonds is 4. The monoisotopic (exact) mass is 275 g/mol. The van der Waals surface area contributed by atoms with Gasteiger partial charge in [-0.1, -0.05) is 0 Å². The molecule has 1 atom stereocenters. The van der Waals surface area contributed by atoms with Crippen molar-refractivity contribution in [2.24, 2.45) is 0 Å². The van der Waals surface area contributed by atoms with Crippen LogP contribution in [0.25, 0.3) is 0 Å². The number of hydrogen-bond donors (Lipinski definition) is 1. The fourth-order valence-electron chi connectivity index (χ4n) is 2.76. The number of pyridine rings is 1. The van der Waals surface area contributed by atoms with Gasteiger partial charge >= 0.3 is 0 Å². The average molecular weight is 275 g/mol. The quantitative estimate of drug-likeness (QED) is 0.914. The van der Waals surface area contributed by atoms with E-state index >= 15 is 0 Å². The molecule has 3 rings (SSSR count). The minimum absolute atomic E-state index is 0.301. The zero-order chi connectivity index (χ0) is 13.9. The Morgan fingerprint density at radius 3 is 3.10 bits per heavy atom. The zero-order valence-corrected chi connectivity index (χ0v) is 12.6. The van der Waals surface area contributed by atoms with Crippen LogP contribution in [-0.2, 0) is 11.3 Å². The largest absolute Gasteiger partial charge is 0.377 e. The summed E-state index contributed by atoms with van der Waals surface area (Å²) in [5.41, 5.74) is 3.74. The smallest absolute Gasteiger partial charge is 0.0721 e. The first-order valence-electron chi connectivity index (χ1n) is 7.78. The van der Waals surface area contributed by atoms with Crippen molar-refractivity contribution >= 4 is 5.69 Å². The highest BCUT2D eigenvalue weighted by molar-refractivity contribution is 5.54. The summed E-state index contributed by atoms with van der Waals surface area (Å²) in [6.45, 7) is 8.08. The second kappa shape index (κ2) is 6.10. The number of hydrogen-bond acceptors (Lipinski definition) is 4. The fraction of sp³-hybridized carbons (Fsp3) is 0.688. The molecule has 0 radical (unpaired) electrons. The second-order valence-corrected chi connectivity index (χ2v) is 6.09. The van der Waals surface area contributed by atoms with E-state index in [1.54, 1.807) is 0 Å². The van der Waals surface area contributed by atoms with Crippen molar-refractivity contribution in [3.63, 3.8) is 0 Å². The molecule has 1 aromatic heterocycles. The molecule has 20 heavy (non-hydrogen) atoms. The standard InChI is InChI=1S/C16H25N3O/c1-12-8-16(19-6-3-7-20-13(2)11-19)14(9-17-12)10-18-15-4-5-15/h8-9,13,15,18H,3-7,10-11H2,1-2H3. The maximum atomic E-state index is 5.76. The zero-order valence-electron chi connectivity index (χ0n) is 12.6. The molecule has 1 saturated carbocycles. The summed E-state index contributed by atoms with van der Waals surface area (Å²) < 4.78 is 5.76. The van der Waals surface area contributed by atoms with Gasteiger partial charge in [-0.05, 0) is 39.2 Å². The maximum absolute atomic E-state index is 5.76. The molecule has 1 aliphatic heterocycles. The molecule has 1 saturated heterocycles. The predicted octanol–water partition coefficient (Wildman–Crippen LogP) is 2.26. The summed E-state index contributed by atoms with van der Waals surface area (Å²) >= 11 is 0. The van der Waals surface area contributed by atoms with Crippen LogP contribution in [0, 0.1) is 6.92 Å². The van der Waals surface area contributed by atoms with E-state index in [0.717, 1.165) is 44.4 Å². The highest BCUT2D eigenvalue weighted by Crippen LogP contribution is 2.25. The molecule has 0 aromatic carbocycles. The SMILES string of the molecule is Cc1cc(N2CCCOC(C)C2)c(CNC2CC2)cn1. The number of nitrogens with zero attached hydrogens (tertiary/aromatic N) is 2. The number of nitrogens with one attached hydrogen (secondary N) is 1. The van der Waals surface area contributed by atoms with Crippen molar-refractivity contribution in [2.75, 3.05) is 24.6 Å². The highest BCUT2D eigenvalue weighted by Gasteiger charge is 2.22. The molecule has 4 nitrogen and oxygen atoms in total. The van der Waals surface area contributed by atoms with Crippen LogP contribution < -0.4 is 10.2 Å². The minimum atomic E-state index is 0.301. The van der Waals surface area contributed by atoms with Gasteiger partial charge in [0.25, 0.3) is 0 Å². The van der Waals surface area contributed by atoms with Crippen LogP contribution in [-0.4, -0.2) is 36.8 Å². The van der Waals surface area contributed by atoms with Crippen molar-refractivity contribution in [3.8, 4) is 0 Å². The first-order valence-corrected chi connectivity index (χ1v) is 7.78. The predicted molar refractivity (Wildman–Crippen MR) is 81.1 cm³/mol. The van der Waals surface area contributed by atoms with Gasteiger partial charge in [0.05, 0.1) is 6.10 Å². The normalized spacial score (nSPS) is 23.7. The van der Waals surface area contributed by atoms with E-state index in [1.807, 2.05) is 6.20 Å². The Bertz CT molecular complexity index is 459. The Balaban J connectivity index is 1.78. The van der Waals surface area contributed by atoms with Crippen LogP contribution in [0.1, 0.15) is 37.4 Å². The van der Waals surface area contributed by atoms with Crippen molar-refractivity contribution in [3.05, 3.63) is 23.5 Å². The third-order valence-corrected chi connectivity index (χ3v) is 4.05. The lowest BCUT2D eigenvalue weighted by Gasteiger charge is -2.27.